The minimum Gasteiger partial charge on any atom is -0.339 e. The standard InChI is InChI=1S/C18H12FN5O/c19-14-6-4-13(5-7-14)18(25)22-17-9-8-16(23-24-17)21-15-3-1-2-12(10-15)11-20/h1-10H,(H,21,23)(H,22,24,25). The van der Waals surface area contributed by atoms with Crippen LogP contribution < -0.4 is 10.6 Å². The number of benzene rings is 2. The van der Waals surface area contributed by atoms with Crippen molar-refractivity contribution >= 4 is 23.2 Å². The predicted molar refractivity (Wildman–Crippen MR) is 90.8 cm³/mol. The van der Waals surface area contributed by atoms with Gasteiger partial charge in [-0.1, -0.05) is 6.07 Å². The van der Waals surface area contributed by atoms with Crippen molar-refractivity contribution in [3.8, 4) is 6.07 Å². The van der Waals surface area contributed by atoms with E-state index in [9.17, 15) is 9.18 Å². The Kier molecular flexibility index (Phi) is 4.62. The summed E-state index contributed by atoms with van der Waals surface area (Å²) < 4.78 is 12.9. The summed E-state index contributed by atoms with van der Waals surface area (Å²) in [6.45, 7) is 0. The number of aromatic nitrogens is 2. The van der Waals surface area contributed by atoms with Crippen molar-refractivity contribution in [2.75, 3.05) is 10.6 Å². The van der Waals surface area contributed by atoms with Crippen LogP contribution in [0.3, 0.4) is 0 Å². The molecule has 0 fully saturated rings. The molecule has 0 atom stereocenters. The molecule has 0 spiro atoms. The molecule has 0 aliphatic rings. The fourth-order valence-corrected chi connectivity index (χ4v) is 2.07. The molecule has 25 heavy (non-hydrogen) atoms. The molecule has 0 aliphatic heterocycles. The maximum atomic E-state index is 12.9. The Bertz CT molecular complexity index is 933. The van der Waals surface area contributed by atoms with Crippen LogP contribution in [-0.2, 0) is 0 Å². The second-order valence-corrected chi connectivity index (χ2v) is 5.08. The Morgan fingerprint density at radius 3 is 2.40 bits per heavy atom. The van der Waals surface area contributed by atoms with Crippen molar-refractivity contribution < 1.29 is 9.18 Å². The van der Waals surface area contributed by atoms with E-state index in [4.69, 9.17) is 5.26 Å². The van der Waals surface area contributed by atoms with E-state index in [0.29, 0.717) is 22.6 Å². The van der Waals surface area contributed by atoms with Gasteiger partial charge in [0.25, 0.3) is 5.91 Å². The van der Waals surface area contributed by atoms with Crippen LogP contribution in [-0.4, -0.2) is 16.1 Å². The molecule has 7 heteroatoms. The smallest absolute Gasteiger partial charge is 0.256 e. The van der Waals surface area contributed by atoms with Crippen LogP contribution in [0.5, 0.6) is 0 Å². The van der Waals surface area contributed by atoms with Crippen molar-refractivity contribution in [2.24, 2.45) is 0 Å². The number of carbonyl (C=O) groups is 1. The molecule has 0 saturated carbocycles. The van der Waals surface area contributed by atoms with Crippen LogP contribution in [0.1, 0.15) is 15.9 Å². The van der Waals surface area contributed by atoms with Gasteiger partial charge in [-0.05, 0) is 54.6 Å². The van der Waals surface area contributed by atoms with E-state index in [2.05, 4.69) is 26.9 Å². The number of carbonyl (C=O) groups excluding carboxylic acids is 1. The van der Waals surface area contributed by atoms with E-state index >= 15 is 0 Å². The van der Waals surface area contributed by atoms with Crippen LogP contribution in [0.2, 0.25) is 0 Å². The Labute approximate surface area is 143 Å². The van der Waals surface area contributed by atoms with Crippen molar-refractivity contribution in [1.82, 2.24) is 10.2 Å². The zero-order valence-corrected chi connectivity index (χ0v) is 12.9. The van der Waals surface area contributed by atoms with Gasteiger partial charge in [-0.15, -0.1) is 10.2 Å². The van der Waals surface area contributed by atoms with Gasteiger partial charge >= 0.3 is 0 Å². The highest BCUT2D eigenvalue weighted by molar-refractivity contribution is 6.03. The number of nitrogens with one attached hydrogen (secondary N) is 2. The van der Waals surface area contributed by atoms with Gasteiger partial charge in [-0.25, -0.2) is 4.39 Å². The number of rotatable bonds is 4. The number of anilines is 3. The third-order valence-corrected chi connectivity index (χ3v) is 3.28. The highest BCUT2D eigenvalue weighted by Crippen LogP contribution is 2.16. The monoisotopic (exact) mass is 333 g/mol. The lowest BCUT2D eigenvalue weighted by molar-refractivity contribution is 0.102. The molecule has 3 rings (SSSR count). The molecule has 122 valence electrons. The van der Waals surface area contributed by atoms with E-state index in [1.54, 1.807) is 36.4 Å². The van der Waals surface area contributed by atoms with Gasteiger partial charge in [0, 0.05) is 11.3 Å². The summed E-state index contributed by atoms with van der Waals surface area (Å²) in [5.41, 5.74) is 1.55. The van der Waals surface area contributed by atoms with Crippen LogP contribution in [0, 0.1) is 17.1 Å². The van der Waals surface area contributed by atoms with Gasteiger partial charge in [0.1, 0.15) is 5.82 Å². The lowest BCUT2D eigenvalue weighted by Crippen LogP contribution is -2.13. The number of hydrogen-bond acceptors (Lipinski definition) is 5. The zero-order valence-electron chi connectivity index (χ0n) is 12.9. The lowest BCUT2D eigenvalue weighted by Gasteiger charge is -2.07. The number of hydrogen-bond donors (Lipinski definition) is 2. The van der Waals surface area contributed by atoms with Crippen LogP contribution in [0.15, 0.2) is 60.7 Å². The van der Waals surface area contributed by atoms with Crippen molar-refractivity contribution in [3.63, 3.8) is 0 Å². The van der Waals surface area contributed by atoms with Gasteiger partial charge < -0.3 is 10.6 Å². The molecular formula is C18H12FN5O. The Balaban J connectivity index is 1.66. The highest BCUT2D eigenvalue weighted by atomic mass is 19.1. The first-order valence-electron chi connectivity index (χ1n) is 7.32. The number of amides is 1. The second kappa shape index (κ2) is 7.19. The van der Waals surface area contributed by atoms with E-state index in [-0.39, 0.29) is 5.82 Å². The molecule has 1 amide bonds. The minimum absolute atomic E-state index is 0.269. The number of nitriles is 1. The van der Waals surface area contributed by atoms with E-state index in [0.717, 1.165) is 0 Å². The van der Waals surface area contributed by atoms with Crippen LogP contribution in [0.25, 0.3) is 0 Å². The van der Waals surface area contributed by atoms with E-state index < -0.39 is 11.7 Å². The molecule has 0 aliphatic carbocycles. The van der Waals surface area contributed by atoms with Crippen LogP contribution in [0.4, 0.5) is 21.7 Å². The molecule has 3 aromatic rings. The molecule has 0 bridgehead atoms. The first kappa shape index (κ1) is 16.1. The fourth-order valence-electron chi connectivity index (χ4n) is 2.07. The molecule has 0 radical (unpaired) electrons. The molecule has 2 aromatic carbocycles. The highest BCUT2D eigenvalue weighted by Gasteiger charge is 2.07. The SMILES string of the molecule is N#Cc1cccc(Nc2ccc(NC(=O)c3ccc(F)cc3)nn2)c1. The first-order valence-corrected chi connectivity index (χ1v) is 7.32. The minimum atomic E-state index is -0.410. The average molecular weight is 333 g/mol. The first-order chi connectivity index (χ1) is 12.1. The predicted octanol–water partition coefficient (Wildman–Crippen LogP) is 3.48. The number of nitrogens with zero attached hydrogens (tertiary/aromatic N) is 3. The Hall–Kier alpha value is -3.79. The lowest BCUT2D eigenvalue weighted by atomic mass is 10.2. The summed E-state index contributed by atoms with van der Waals surface area (Å²) in [7, 11) is 0. The molecular weight excluding hydrogens is 321 g/mol. The molecule has 2 N–H and O–H groups in total. The third kappa shape index (κ3) is 4.14. The molecule has 1 heterocycles. The third-order valence-electron chi connectivity index (χ3n) is 3.28. The fraction of sp³-hybridized carbons (Fsp3) is 0. The van der Waals surface area contributed by atoms with Crippen molar-refractivity contribution in [3.05, 3.63) is 77.6 Å². The summed E-state index contributed by atoms with van der Waals surface area (Å²) in [5.74, 6) is -0.0792. The summed E-state index contributed by atoms with van der Waals surface area (Å²) in [5, 5.41) is 22.4. The quantitative estimate of drug-likeness (QED) is 0.763. The van der Waals surface area contributed by atoms with E-state index in [1.165, 1.54) is 24.3 Å². The normalized spacial score (nSPS) is 9.92. The maximum absolute atomic E-state index is 12.9. The zero-order chi connectivity index (χ0) is 17.6. The Morgan fingerprint density at radius 1 is 1.00 bits per heavy atom. The van der Waals surface area contributed by atoms with Crippen molar-refractivity contribution in [1.29, 1.82) is 5.26 Å². The average Bonchev–Trinajstić information content (AvgIpc) is 2.64. The summed E-state index contributed by atoms with van der Waals surface area (Å²) in [4.78, 5) is 12.0. The molecule has 0 unspecified atom stereocenters. The summed E-state index contributed by atoms with van der Waals surface area (Å²) in [6.07, 6.45) is 0. The topological polar surface area (TPSA) is 90.7 Å². The Morgan fingerprint density at radius 2 is 1.72 bits per heavy atom. The van der Waals surface area contributed by atoms with Gasteiger partial charge in [0.15, 0.2) is 11.6 Å². The van der Waals surface area contributed by atoms with Crippen LogP contribution >= 0.6 is 0 Å². The molecule has 6 nitrogen and oxygen atoms in total. The van der Waals surface area contributed by atoms with Gasteiger partial charge in [-0.3, -0.25) is 4.79 Å². The summed E-state index contributed by atoms with van der Waals surface area (Å²) >= 11 is 0. The largest absolute Gasteiger partial charge is 0.339 e. The van der Waals surface area contributed by atoms with Gasteiger partial charge in [-0.2, -0.15) is 5.26 Å². The summed E-state index contributed by atoms with van der Waals surface area (Å²) in [6, 6.07) is 17.4. The second-order valence-electron chi connectivity index (χ2n) is 5.08. The molecule has 1 aromatic heterocycles. The van der Waals surface area contributed by atoms with Gasteiger partial charge in [0.2, 0.25) is 0 Å². The van der Waals surface area contributed by atoms with Gasteiger partial charge in [0.05, 0.1) is 11.6 Å². The number of halogens is 1. The van der Waals surface area contributed by atoms with Crippen molar-refractivity contribution in [2.45, 2.75) is 0 Å². The van der Waals surface area contributed by atoms with E-state index in [1.807, 2.05) is 0 Å². The molecule has 0 saturated heterocycles. The maximum Gasteiger partial charge on any atom is 0.256 e.